The van der Waals surface area contributed by atoms with Gasteiger partial charge >= 0.3 is 6.03 Å². The zero-order valence-electron chi connectivity index (χ0n) is 11.8. The summed E-state index contributed by atoms with van der Waals surface area (Å²) in [5.74, 6) is 1.00. The van der Waals surface area contributed by atoms with Crippen LogP contribution in [0.2, 0.25) is 0 Å². The van der Waals surface area contributed by atoms with Gasteiger partial charge in [-0.15, -0.1) is 0 Å². The average Bonchev–Trinajstić information content (AvgIpc) is 2.86. The molecule has 6 nitrogen and oxygen atoms in total. The molecule has 1 atom stereocenters. The molecule has 3 rings (SSSR count). The maximum Gasteiger partial charge on any atom is 0.317 e. The number of hydrogen-bond donors (Lipinski definition) is 2. The van der Waals surface area contributed by atoms with Crippen molar-refractivity contribution < 1.29 is 4.79 Å². The van der Waals surface area contributed by atoms with Crippen molar-refractivity contribution in [1.29, 1.82) is 0 Å². The SMILES string of the molecule is CCNCc1ccc(N2CCN3C(=O)NCC3C2)nc1. The lowest BCUT2D eigenvalue weighted by Gasteiger charge is -2.37. The molecule has 3 heterocycles. The molecule has 2 amide bonds. The van der Waals surface area contributed by atoms with E-state index in [1.807, 2.05) is 11.1 Å². The lowest BCUT2D eigenvalue weighted by molar-refractivity contribution is 0.197. The van der Waals surface area contributed by atoms with E-state index in [-0.39, 0.29) is 12.1 Å². The summed E-state index contributed by atoms with van der Waals surface area (Å²) in [5.41, 5.74) is 1.20. The van der Waals surface area contributed by atoms with Gasteiger partial charge in [0.05, 0.1) is 6.04 Å². The molecular formula is C14H21N5O. The Labute approximate surface area is 119 Å². The Kier molecular flexibility index (Phi) is 3.73. The third-order valence-corrected chi connectivity index (χ3v) is 3.94. The summed E-state index contributed by atoms with van der Waals surface area (Å²) < 4.78 is 0. The van der Waals surface area contributed by atoms with Crippen molar-refractivity contribution >= 4 is 11.8 Å². The molecule has 0 aromatic carbocycles. The maximum atomic E-state index is 11.6. The zero-order chi connectivity index (χ0) is 13.9. The smallest absolute Gasteiger partial charge is 0.317 e. The Balaban J connectivity index is 1.63. The van der Waals surface area contributed by atoms with Crippen LogP contribution in [0, 0.1) is 0 Å². The first-order chi connectivity index (χ1) is 9.78. The van der Waals surface area contributed by atoms with E-state index in [4.69, 9.17) is 0 Å². The highest BCUT2D eigenvalue weighted by Gasteiger charge is 2.35. The first-order valence-electron chi connectivity index (χ1n) is 7.23. The molecule has 0 spiro atoms. The summed E-state index contributed by atoms with van der Waals surface area (Å²) >= 11 is 0. The molecule has 2 aliphatic rings. The Bertz CT molecular complexity index is 475. The Morgan fingerprint density at radius 2 is 2.35 bits per heavy atom. The fourth-order valence-corrected chi connectivity index (χ4v) is 2.79. The predicted octanol–water partition coefficient (Wildman–Crippen LogP) is 0.405. The second-order valence-corrected chi connectivity index (χ2v) is 5.28. The molecule has 2 fully saturated rings. The van der Waals surface area contributed by atoms with Crippen molar-refractivity contribution in [1.82, 2.24) is 20.5 Å². The fraction of sp³-hybridized carbons (Fsp3) is 0.571. The monoisotopic (exact) mass is 275 g/mol. The molecular weight excluding hydrogens is 254 g/mol. The number of amides is 2. The molecule has 108 valence electrons. The van der Waals surface area contributed by atoms with Crippen molar-refractivity contribution in [3.05, 3.63) is 23.9 Å². The van der Waals surface area contributed by atoms with Gasteiger partial charge in [-0.2, -0.15) is 0 Å². The Morgan fingerprint density at radius 1 is 1.45 bits per heavy atom. The van der Waals surface area contributed by atoms with Crippen molar-refractivity contribution in [2.24, 2.45) is 0 Å². The van der Waals surface area contributed by atoms with Crippen molar-refractivity contribution in [2.45, 2.75) is 19.5 Å². The molecule has 1 aromatic heterocycles. The van der Waals surface area contributed by atoms with Crippen LogP contribution in [0.5, 0.6) is 0 Å². The highest BCUT2D eigenvalue weighted by atomic mass is 16.2. The number of anilines is 1. The molecule has 20 heavy (non-hydrogen) atoms. The Hall–Kier alpha value is -1.82. The third kappa shape index (κ3) is 2.56. The quantitative estimate of drug-likeness (QED) is 0.835. The molecule has 2 saturated heterocycles. The number of hydrogen-bond acceptors (Lipinski definition) is 4. The number of pyridine rings is 1. The van der Waals surface area contributed by atoms with Gasteiger partial charge in [-0.05, 0) is 18.2 Å². The van der Waals surface area contributed by atoms with Crippen LogP contribution in [0.1, 0.15) is 12.5 Å². The van der Waals surface area contributed by atoms with Crippen LogP contribution in [0.15, 0.2) is 18.3 Å². The van der Waals surface area contributed by atoms with Crippen LogP contribution in [-0.2, 0) is 6.54 Å². The van der Waals surface area contributed by atoms with Gasteiger partial charge in [0.2, 0.25) is 0 Å². The van der Waals surface area contributed by atoms with Gasteiger partial charge in [0.25, 0.3) is 0 Å². The van der Waals surface area contributed by atoms with Crippen LogP contribution in [-0.4, -0.2) is 54.7 Å². The molecule has 1 aromatic rings. The van der Waals surface area contributed by atoms with E-state index in [1.54, 1.807) is 0 Å². The Morgan fingerprint density at radius 3 is 3.10 bits per heavy atom. The van der Waals surface area contributed by atoms with E-state index in [0.29, 0.717) is 0 Å². The molecule has 0 saturated carbocycles. The molecule has 2 aliphatic heterocycles. The van der Waals surface area contributed by atoms with E-state index >= 15 is 0 Å². The minimum Gasteiger partial charge on any atom is -0.353 e. The summed E-state index contributed by atoms with van der Waals surface area (Å²) in [7, 11) is 0. The number of carbonyl (C=O) groups is 1. The number of nitrogens with zero attached hydrogens (tertiary/aromatic N) is 3. The second-order valence-electron chi connectivity index (χ2n) is 5.28. The second kappa shape index (κ2) is 5.66. The fourth-order valence-electron chi connectivity index (χ4n) is 2.79. The highest BCUT2D eigenvalue weighted by Crippen LogP contribution is 2.19. The topological polar surface area (TPSA) is 60.5 Å². The van der Waals surface area contributed by atoms with Crippen LogP contribution >= 0.6 is 0 Å². The first kappa shape index (κ1) is 13.2. The van der Waals surface area contributed by atoms with E-state index in [9.17, 15) is 4.79 Å². The standard InChI is InChI=1S/C14H21N5O/c1-2-15-7-11-3-4-13(16-8-11)18-5-6-19-12(10-18)9-17-14(19)20/h3-4,8,12,15H,2,5-7,9-10H2,1H3,(H,17,20). The van der Waals surface area contributed by atoms with Crippen molar-refractivity contribution in [2.75, 3.05) is 37.6 Å². The normalized spacial score (nSPS) is 21.9. The van der Waals surface area contributed by atoms with Crippen LogP contribution in [0.3, 0.4) is 0 Å². The van der Waals surface area contributed by atoms with Crippen molar-refractivity contribution in [3.8, 4) is 0 Å². The maximum absolute atomic E-state index is 11.6. The van der Waals surface area contributed by atoms with Gasteiger partial charge in [0.1, 0.15) is 5.82 Å². The van der Waals surface area contributed by atoms with E-state index in [1.165, 1.54) is 5.56 Å². The molecule has 6 heteroatoms. The summed E-state index contributed by atoms with van der Waals surface area (Å²) in [5, 5.41) is 6.19. The van der Waals surface area contributed by atoms with Gasteiger partial charge in [0, 0.05) is 38.9 Å². The average molecular weight is 275 g/mol. The minimum absolute atomic E-state index is 0.0728. The highest BCUT2D eigenvalue weighted by molar-refractivity contribution is 5.77. The summed E-state index contributed by atoms with van der Waals surface area (Å²) in [6.07, 6.45) is 1.93. The molecule has 2 N–H and O–H groups in total. The number of piperazine rings is 1. The van der Waals surface area contributed by atoms with Crippen molar-refractivity contribution in [3.63, 3.8) is 0 Å². The molecule has 1 unspecified atom stereocenters. The van der Waals surface area contributed by atoms with Crippen LogP contribution in [0.25, 0.3) is 0 Å². The lowest BCUT2D eigenvalue weighted by atomic mass is 10.2. The van der Waals surface area contributed by atoms with Gasteiger partial charge in [0.15, 0.2) is 0 Å². The van der Waals surface area contributed by atoms with Gasteiger partial charge in [-0.25, -0.2) is 9.78 Å². The molecule has 0 radical (unpaired) electrons. The minimum atomic E-state index is 0.0728. The first-order valence-corrected chi connectivity index (χ1v) is 7.23. The molecule has 0 aliphatic carbocycles. The summed E-state index contributed by atoms with van der Waals surface area (Å²) in [6.45, 7) is 7.15. The predicted molar refractivity (Wildman–Crippen MR) is 77.7 cm³/mol. The van der Waals surface area contributed by atoms with Gasteiger partial charge in [-0.3, -0.25) is 0 Å². The number of fused-ring (bicyclic) bond motifs is 1. The summed E-state index contributed by atoms with van der Waals surface area (Å²) in [4.78, 5) is 20.3. The van der Waals surface area contributed by atoms with Gasteiger partial charge in [-0.1, -0.05) is 13.0 Å². The molecule has 0 bridgehead atoms. The van der Waals surface area contributed by atoms with Gasteiger partial charge < -0.3 is 20.4 Å². The number of nitrogens with one attached hydrogen (secondary N) is 2. The number of urea groups is 1. The number of aromatic nitrogens is 1. The largest absolute Gasteiger partial charge is 0.353 e. The number of carbonyl (C=O) groups excluding carboxylic acids is 1. The lowest BCUT2D eigenvalue weighted by Crippen LogP contribution is -2.52. The van der Waals surface area contributed by atoms with E-state index in [2.05, 4.69) is 39.6 Å². The van der Waals surface area contributed by atoms with E-state index < -0.39 is 0 Å². The number of rotatable bonds is 4. The van der Waals surface area contributed by atoms with Crippen LogP contribution in [0.4, 0.5) is 10.6 Å². The van der Waals surface area contributed by atoms with Crippen LogP contribution < -0.4 is 15.5 Å². The summed E-state index contributed by atoms with van der Waals surface area (Å²) in [6, 6.07) is 4.55. The third-order valence-electron chi connectivity index (χ3n) is 3.94. The zero-order valence-corrected chi connectivity index (χ0v) is 11.8. The van der Waals surface area contributed by atoms with E-state index in [0.717, 1.165) is 45.1 Å².